The summed E-state index contributed by atoms with van der Waals surface area (Å²) in [6.45, 7) is 3.88. The molecule has 0 bridgehead atoms. The van der Waals surface area contributed by atoms with Crippen LogP contribution in [0, 0.1) is 0 Å². The third-order valence-corrected chi connectivity index (χ3v) is 5.92. The molecule has 0 radical (unpaired) electrons. The molecule has 6 nitrogen and oxygen atoms in total. The molecule has 0 aliphatic carbocycles. The summed E-state index contributed by atoms with van der Waals surface area (Å²) < 4.78 is 10.8. The van der Waals surface area contributed by atoms with Crippen LogP contribution in [0.1, 0.15) is 23.2 Å². The summed E-state index contributed by atoms with van der Waals surface area (Å²) in [5.41, 5.74) is 3.07. The fraction of sp³-hybridized carbons (Fsp3) is 0.360. The number of ether oxygens (including phenoxy) is 2. The van der Waals surface area contributed by atoms with E-state index in [1.54, 1.807) is 14.2 Å². The summed E-state index contributed by atoms with van der Waals surface area (Å²) in [6, 6.07) is 15.4. The summed E-state index contributed by atoms with van der Waals surface area (Å²) in [6.07, 6.45) is 2.50. The van der Waals surface area contributed by atoms with E-state index in [0.29, 0.717) is 23.6 Å². The smallest absolute Gasteiger partial charge is 0.254 e. The highest BCUT2D eigenvalue weighted by Gasteiger charge is 2.19. The second-order valence-corrected chi connectivity index (χ2v) is 7.92. The number of para-hydroxylation sites is 1. The van der Waals surface area contributed by atoms with Crippen LogP contribution in [0.3, 0.4) is 0 Å². The first kappa shape index (κ1) is 21.1. The van der Waals surface area contributed by atoms with Crippen molar-refractivity contribution in [2.75, 3.05) is 47.4 Å². The van der Waals surface area contributed by atoms with Crippen molar-refractivity contribution in [2.45, 2.75) is 12.8 Å². The second kappa shape index (κ2) is 9.35. The monoisotopic (exact) mass is 419 g/mol. The fourth-order valence-electron chi connectivity index (χ4n) is 4.10. The van der Waals surface area contributed by atoms with Gasteiger partial charge in [-0.2, -0.15) is 0 Å². The van der Waals surface area contributed by atoms with Crippen LogP contribution in [0.2, 0.25) is 0 Å². The molecule has 0 N–H and O–H groups in total. The Morgan fingerprint density at radius 3 is 2.52 bits per heavy atom. The molecular formula is C25H29N3O3. The zero-order chi connectivity index (χ0) is 21.8. The van der Waals surface area contributed by atoms with Gasteiger partial charge in [0.05, 0.1) is 31.0 Å². The van der Waals surface area contributed by atoms with E-state index >= 15 is 0 Å². The average molecular weight is 420 g/mol. The maximum absolute atomic E-state index is 13.4. The van der Waals surface area contributed by atoms with Crippen molar-refractivity contribution in [1.82, 2.24) is 14.8 Å². The number of nitrogens with zero attached hydrogens (tertiary/aromatic N) is 3. The number of hydrogen-bond acceptors (Lipinski definition) is 5. The molecule has 0 atom stereocenters. The highest BCUT2D eigenvalue weighted by atomic mass is 16.5. The van der Waals surface area contributed by atoms with Crippen LogP contribution in [0.5, 0.6) is 11.5 Å². The zero-order valence-corrected chi connectivity index (χ0v) is 18.4. The summed E-state index contributed by atoms with van der Waals surface area (Å²) >= 11 is 0. The molecule has 1 aromatic heterocycles. The molecule has 1 aliphatic rings. The van der Waals surface area contributed by atoms with Gasteiger partial charge in [-0.25, -0.2) is 4.98 Å². The first-order valence-corrected chi connectivity index (χ1v) is 10.7. The largest absolute Gasteiger partial charge is 0.493 e. The van der Waals surface area contributed by atoms with E-state index in [1.165, 1.54) is 12.8 Å². The number of rotatable bonds is 7. The molecule has 2 aromatic carbocycles. The summed E-state index contributed by atoms with van der Waals surface area (Å²) in [5, 5.41) is 0.866. The van der Waals surface area contributed by atoms with Crippen molar-refractivity contribution in [2.24, 2.45) is 0 Å². The van der Waals surface area contributed by atoms with E-state index in [2.05, 4.69) is 4.90 Å². The Morgan fingerprint density at radius 2 is 1.77 bits per heavy atom. The van der Waals surface area contributed by atoms with Crippen LogP contribution < -0.4 is 9.47 Å². The summed E-state index contributed by atoms with van der Waals surface area (Å²) in [4.78, 5) is 22.5. The van der Waals surface area contributed by atoms with Crippen LogP contribution in [0.15, 0.2) is 48.5 Å². The molecule has 1 saturated heterocycles. The molecule has 6 heteroatoms. The molecule has 0 unspecified atom stereocenters. The molecule has 3 aromatic rings. The quantitative estimate of drug-likeness (QED) is 0.577. The topological polar surface area (TPSA) is 54.9 Å². The number of pyridine rings is 1. The Morgan fingerprint density at radius 1 is 1.03 bits per heavy atom. The Labute approximate surface area is 183 Å². The van der Waals surface area contributed by atoms with Gasteiger partial charge < -0.3 is 19.3 Å². The third-order valence-electron chi connectivity index (χ3n) is 5.92. The molecule has 2 heterocycles. The van der Waals surface area contributed by atoms with Crippen LogP contribution in [-0.2, 0) is 0 Å². The van der Waals surface area contributed by atoms with Crippen LogP contribution in [-0.4, -0.2) is 68.1 Å². The van der Waals surface area contributed by atoms with E-state index in [1.807, 2.05) is 60.5 Å². The minimum absolute atomic E-state index is 0.0134. The highest BCUT2D eigenvalue weighted by Crippen LogP contribution is 2.33. The molecule has 4 rings (SSSR count). The molecular weight excluding hydrogens is 390 g/mol. The van der Waals surface area contributed by atoms with E-state index < -0.39 is 0 Å². The number of carbonyl (C=O) groups excluding carboxylic acids is 1. The minimum atomic E-state index is 0.0134. The molecule has 0 saturated carbocycles. The Balaban J connectivity index is 1.68. The predicted molar refractivity (Wildman–Crippen MR) is 123 cm³/mol. The molecule has 0 spiro atoms. The lowest BCUT2D eigenvalue weighted by atomic mass is 10.0. The zero-order valence-electron chi connectivity index (χ0n) is 18.4. The molecule has 162 valence electrons. The summed E-state index contributed by atoms with van der Waals surface area (Å²) in [7, 11) is 5.10. The lowest BCUT2D eigenvalue weighted by Crippen LogP contribution is -2.35. The van der Waals surface area contributed by atoms with Gasteiger partial charge in [-0.1, -0.05) is 18.2 Å². The number of methoxy groups -OCH3 is 2. The number of carbonyl (C=O) groups is 1. The first-order chi connectivity index (χ1) is 15.1. The van der Waals surface area contributed by atoms with E-state index in [4.69, 9.17) is 14.5 Å². The van der Waals surface area contributed by atoms with Gasteiger partial charge in [0.1, 0.15) is 0 Å². The van der Waals surface area contributed by atoms with E-state index in [0.717, 1.165) is 41.8 Å². The van der Waals surface area contributed by atoms with Crippen molar-refractivity contribution in [1.29, 1.82) is 0 Å². The van der Waals surface area contributed by atoms with Gasteiger partial charge in [-0.05, 0) is 56.3 Å². The number of benzene rings is 2. The molecule has 1 fully saturated rings. The van der Waals surface area contributed by atoms with E-state index in [-0.39, 0.29) is 5.91 Å². The maximum Gasteiger partial charge on any atom is 0.254 e. The number of amides is 1. The Bertz CT molecular complexity index is 1080. The number of aromatic nitrogens is 1. The second-order valence-electron chi connectivity index (χ2n) is 7.92. The van der Waals surface area contributed by atoms with Crippen molar-refractivity contribution in [3.63, 3.8) is 0 Å². The van der Waals surface area contributed by atoms with Crippen molar-refractivity contribution in [3.8, 4) is 22.8 Å². The Hall–Kier alpha value is -3.12. The van der Waals surface area contributed by atoms with Crippen molar-refractivity contribution < 1.29 is 14.3 Å². The SMILES string of the molecule is COc1ccc(-c2cc(C(=O)N(C)CCN3CCCC3)c3ccccc3n2)cc1OC. The highest BCUT2D eigenvalue weighted by molar-refractivity contribution is 6.07. The normalized spacial score (nSPS) is 14.0. The van der Waals surface area contributed by atoms with Gasteiger partial charge in [-0.3, -0.25) is 4.79 Å². The van der Waals surface area contributed by atoms with Gasteiger partial charge in [0.2, 0.25) is 0 Å². The average Bonchev–Trinajstić information content (AvgIpc) is 3.34. The molecule has 1 amide bonds. The van der Waals surface area contributed by atoms with Gasteiger partial charge in [0, 0.05) is 31.1 Å². The van der Waals surface area contributed by atoms with Gasteiger partial charge >= 0.3 is 0 Å². The number of likely N-dealkylation sites (N-methyl/N-ethyl adjacent to an activating group) is 1. The van der Waals surface area contributed by atoms with Crippen molar-refractivity contribution in [3.05, 3.63) is 54.1 Å². The van der Waals surface area contributed by atoms with Crippen LogP contribution in [0.4, 0.5) is 0 Å². The molecule has 31 heavy (non-hydrogen) atoms. The maximum atomic E-state index is 13.4. The first-order valence-electron chi connectivity index (χ1n) is 10.7. The number of likely N-dealkylation sites (tertiary alicyclic amines) is 1. The van der Waals surface area contributed by atoms with E-state index in [9.17, 15) is 4.79 Å². The van der Waals surface area contributed by atoms with Gasteiger partial charge in [0.25, 0.3) is 5.91 Å². The molecule has 1 aliphatic heterocycles. The summed E-state index contributed by atoms with van der Waals surface area (Å²) in [5.74, 6) is 1.30. The van der Waals surface area contributed by atoms with Gasteiger partial charge in [-0.15, -0.1) is 0 Å². The standard InChI is InChI=1S/C25H29N3O3/c1-27(14-15-28-12-6-7-13-28)25(29)20-17-22(26-21-9-5-4-8-19(20)21)18-10-11-23(30-2)24(16-18)31-3/h4-5,8-11,16-17H,6-7,12-15H2,1-3H3. The van der Waals surface area contributed by atoms with Crippen LogP contribution in [0.25, 0.3) is 22.2 Å². The lowest BCUT2D eigenvalue weighted by molar-refractivity contribution is 0.0784. The van der Waals surface area contributed by atoms with Crippen LogP contribution >= 0.6 is 0 Å². The number of hydrogen-bond donors (Lipinski definition) is 0. The fourth-order valence-corrected chi connectivity index (χ4v) is 4.10. The lowest BCUT2D eigenvalue weighted by Gasteiger charge is -2.22. The van der Waals surface area contributed by atoms with Crippen molar-refractivity contribution >= 4 is 16.8 Å². The predicted octanol–water partition coefficient (Wildman–Crippen LogP) is 4.09. The third kappa shape index (κ3) is 4.49. The minimum Gasteiger partial charge on any atom is -0.493 e. The Kier molecular flexibility index (Phi) is 6.37. The van der Waals surface area contributed by atoms with Gasteiger partial charge in [0.15, 0.2) is 11.5 Å². The number of fused-ring (bicyclic) bond motifs is 1.